The van der Waals surface area contributed by atoms with Crippen molar-refractivity contribution in [3.8, 4) is 22.5 Å². The normalized spacial score (nSPS) is 19.6. The molecule has 4 rings (SSSR count). The van der Waals surface area contributed by atoms with Crippen molar-refractivity contribution in [2.45, 2.75) is 37.6 Å². The summed E-state index contributed by atoms with van der Waals surface area (Å²) in [6, 6.07) is 10.2. The molecule has 1 aromatic carbocycles. The summed E-state index contributed by atoms with van der Waals surface area (Å²) in [7, 11) is 2.10. The number of likely N-dealkylation sites (N-methyl/N-ethyl adjacent to an activating group) is 1. The summed E-state index contributed by atoms with van der Waals surface area (Å²) >= 11 is 6.08. The number of aromatic amines is 1. The van der Waals surface area contributed by atoms with Crippen LogP contribution in [0.1, 0.15) is 37.3 Å². The highest BCUT2D eigenvalue weighted by atomic mass is 35.5. The first-order chi connectivity index (χ1) is 14.2. The first-order valence-corrected chi connectivity index (χ1v) is 10.5. The highest BCUT2D eigenvalue weighted by Crippen LogP contribution is 2.41. The zero-order chi connectivity index (χ0) is 20.2. The van der Waals surface area contributed by atoms with E-state index in [2.05, 4.69) is 32.1 Å². The third-order valence-corrected chi connectivity index (χ3v) is 6.18. The molecule has 0 saturated heterocycles. The molecule has 2 N–H and O–H groups in total. The van der Waals surface area contributed by atoms with E-state index in [9.17, 15) is 5.11 Å². The van der Waals surface area contributed by atoms with Crippen LogP contribution in [-0.4, -0.2) is 56.4 Å². The molecule has 0 atom stereocenters. The number of halogens is 1. The SMILES string of the molecule is CN(CCO)C1CCC(c2[nH]nc(-c3ccc(Cl)cc3)c2-c2ccncn2)CC1. The Balaban J connectivity index is 1.65. The minimum atomic E-state index is 0.208. The molecule has 1 fully saturated rings. The summed E-state index contributed by atoms with van der Waals surface area (Å²) in [6.07, 6.45) is 7.74. The zero-order valence-corrected chi connectivity index (χ0v) is 17.3. The van der Waals surface area contributed by atoms with Crippen LogP contribution in [0.3, 0.4) is 0 Å². The van der Waals surface area contributed by atoms with E-state index in [4.69, 9.17) is 11.6 Å². The number of aliphatic hydroxyl groups excluding tert-OH is 1. The molecule has 7 heteroatoms. The number of nitrogens with one attached hydrogen (secondary N) is 1. The van der Waals surface area contributed by atoms with Crippen molar-refractivity contribution in [1.29, 1.82) is 0 Å². The van der Waals surface area contributed by atoms with Gasteiger partial charge in [-0.3, -0.25) is 5.10 Å². The quantitative estimate of drug-likeness (QED) is 0.637. The second kappa shape index (κ2) is 9.03. The van der Waals surface area contributed by atoms with Gasteiger partial charge in [0.05, 0.1) is 12.3 Å². The molecule has 0 amide bonds. The monoisotopic (exact) mass is 411 g/mol. The molecule has 0 radical (unpaired) electrons. The van der Waals surface area contributed by atoms with Gasteiger partial charge < -0.3 is 10.0 Å². The Kier molecular flexibility index (Phi) is 6.23. The Morgan fingerprint density at radius 2 is 1.90 bits per heavy atom. The van der Waals surface area contributed by atoms with Crippen molar-refractivity contribution >= 4 is 11.6 Å². The summed E-state index contributed by atoms with van der Waals surface area (Å²) < 4.78 is 0. The molecule has 0 bridgehead atoms. The second-order valence-corrected chi connectivity index (χ2v) is 8.11. The number of rotatable bonds is 6. The number of nitrogens with zero attached hydrogens (tertiary/aromatic N) is 4. The Morgan fingerprint density at radius 1 is 1.14 bits per heavy atom. The van der Waals surface area contributed by atoms with E-state index in [1.165, 1.54) is 0 Å². The van der Waals surface area contributed by atoms with Gasteiger partial charge in [-0.2, -0.15) is 5.10 Å². The molecule has 1 aliphatic carbocycles. The van der Waals surface area contributed by atoms with E-state index in [0.29, 0.717) is 17.0 Å². The molecule has 6 nitrogen and oxygen atoms in total. The molecule has 29 heavy (non-hydrogen) atoms. The predicted octanol–water partition coefficient (Wildman–Crippen LogP) is 4.14. The zero-order valence-electron chi connectivity index (χ0n) is 16.6. The van der Waals surface area contributed by atoms with Gasteiger partial charge in [0, 0.05) is 46.5 Å². The average Bonchev–Trinajstić information content (AvgIpc) is 3.20. The van der Waals surface area contributed by atoms with E-state index in [0.717, 1.165) is 60.4 Å². The van der Waals surface area contributed by atoms with Crippen LogP contribution in [0.15, 0.2) is 42.9 Å². The van der Waals surface area contributed by atoms with Gasteiger partial charge in [-0.25, -0.2) is 9.97 Å². The van der Waals surface area contributed by atoms with E-state index in [1.54, 1.807) is 12.5 Å². The van der Waals surface area contributed by atoms with Crippen LogP contribution in [0.4, 0.5) is 0 Å². The maximum absolute atomic E-state index is 9.21. The lowest BCUT2D eigenvalue weighted by Crippen LogP contribution is -2.36. The molecule has 3 aromatic rings. The molecule has 0 unspecified atom stereocenters. The number of hydrogen-bond donors (Lipinski definition) is 2. The minimum absolute atomic E-state index is 0.208. The van der Waals surface area contributed by atoms with Crippen LogP contribution in [0.5, 0.6) is 0 Å². The minimum Gasteiger partial charge on any atom is -0.395 e. The number of hydrogen-bond acceptors (Lipinski definition) is 5. The van der Waals surface area contributed by atoms with Gasteiger partial charge in [-0.15, -0.1) is 0 Å². The summed E-state index contributed by atoms with van der Waals surface area (Å²) in [5, 5.41) is 17.9. The second-order valence-electron chi connectivity index (χ2n) is 7.67. The van der Waals surface area contributed by atoms with Crippen LogP contribution >= 0.6 is 11.6 Å². The topological polar surface area (TPSA) is 77.9 Å². The van der Waals surface area contributed by atoms with Crippen LogP contribution < -0.4 is 0 Å². The van der Waals surface area contributed by atoms with Gasteiger partial charge >= 0.3 is 0 Å². The number of aromatic nitrogens is 4. The van der Waals surface area contributed by atoms with Crippen molar-refractivity contribution < 1.29 is 5.11 Å². The fourth-order valence-electron chi connectivity index (χ4n) is 4.31. The van der Waals surface area contributed by atoms with Gasteiger partial charge in [0.1, 0.15) is 12.0 Å². The van der Waals surface area contributed by atoms with Crippen molar-refractivity contribution in [2.24, 2.45) is 0 Å². The van der Waals surface area contributed by atoms with E-state index in [1.807, 2.05) is 30.3 Å². The van der Waals surface area contributed by atoms with Gasteiger partial charge in [-0.1, -0.05) is 23.7 Å². The Hall–Kier alpha value is -2.28. The van der Waals surface area contributed by atoms with E-state index < -0.39 is 0 Å². The van der Waals surface area contributed by atoms with Crippen LogP contribution in [0, 0.1) is 0 Å². The third-order valence-electron chi connectivity index (χ3n) is 5.93. The molecule has 2 heterocycles. The van der Waals surface area contributed by atoms with Gasteiger partial charge in [0.15, 0.2) is 0 Å². The first-order valence-electron chi connectivity index (χ1n) is 10.1. The lowest BCUT2D eigenvalue weighted by molar-refractivity contribution is 0.146. The van der Waals surface area contributed by atoms with E-state index in [-0.39, 0.29) is 6.61 Å². The smallest absolute Gasteiger partial charge is 0.116 e. The Bertz CT molecular complexity index is 920. The molecular weight excluding hydrogens is 386 g/mol. The van der Waals surface area contributed by atoms with Gasteiger partial charge in [0.2, 0.25) is 0 Å². The van der Waals surface area contributed by atoms with E-state index >= 15 is 0 Å². The highest BCUT2D eigenvalue weighted by Gasteiger charge is 2.29. The molecule has 152 valence electrons. The number of H-pyrrole nitrogens is 1. The third kappa shape index (κ3) is 4.34. The number of aliphatic hydroxyl groups is 1. The highest BCUT2D eigenvalue weighted by molar-refractivity contribution is 6.30. The van der Waals surface area contributed by atoms with Gasteiger partial charge in [-0.05, 0) is 50.9 Å². The molecule has 0 spiro atoms. The fourth-order valence-corrected chi connectivity index (χ4v) is 4.44. The molecular formula is C22H26ClN5O. The van der Waals surface area contributed by atoms with Crippen LogP contribution in [-0.2, 0) is 0 Å². The molecule has 2 aromatic heterocycles. The van der Waals surface area contributed by atoms with Crippen molar-refractivity contribution in [3.63, 3.8) is 0 Å². The number of benzene rings is 1. The summed E-state index contributed by atoms with van der Waals surface area (Å²) in [5.41, 5.74) is 5.00. The molecule has 1 saturated carbocycles. The Morgan fingerprint density at radius 3 is 2.55 bits per heavy atom. The summed E-state index contributed by atoms with van der Waals surface area (Å²) in [4.78, 5) is 10.9. The maximum atomic E-state index is 9.21. The lowest BCUT2D eigenvalue weighted by Gasteiger charge is -2.34. The van der Waals surface area contributed by atoms with Gasteiger partial charge in [0.25, 0.3) is 0 Å². The van der Waals surface area contributed by atoms with Crippen molar-refractivity contribution in [2.75, 3.05) is 20.2 Å². The average molecular weight is 412 g/mol. The fraction of sp³-hybridized carbons (Fsp3) is 0.409. The summed E-state index contributed by atoms with van der Waals surface area (Å²) in [5.74, 6) is 0.410. The Labute approximate surface area is 176 Å². The van der Waals surface area contributed by atoms with Crippen LogP contribution in [0.25, 0.3) is 22.5 Å². The molecule has 1 aliphatic rings. The van der Waals surface area contributed by atoms with Crippen LogP contribution in [0.2, 0.25) is 5.02 Å². The lowest BCUT2D eigenvalue weighted by atomic mass is 9.81. The maximum Gasteiger partial charge on any atom is 0.116 e. The van der Waals surface area contributed by atoms with Crippen molar-refractivity contribution in [1.82, 2.24) is 25.1 Å². The summed E-state index contributed by atoms with van der Waals surface area (Å²) in [6.45, 7) is 0.936. The van der Waals surface area contributed by atoms with Crippen molar-refractivity contribution in [3.05, 3.63) is 53.6 Å². The predicted molar refractivity (Wildman–Crippen MR) is 115 cm³/mol. The largest absolute Gasteiger partial charge is 0.395 e. The molecule has 0 aliphatic heterocycles. The standard InChI is InChI=1S/C22H26ClN5O/c1-28(12-13-29)18-8-4-16(5-9-18)22-20(19-10-11-24-14-25-19)21(26-27-22)15-2-6-17(23)7-3-15/h2-3,6-7,10-11,14,16,18,29H,4-5,8-9,12-13H2,1H3,(H,26,27). The first kappa shape index (κ1) is 20.0.